The Labute approximate surface area is 117 Å². The first kappa shape index (κ1) is 13.6. The van der Waals surface area contributed by atoms with Crippen molar-refractivity contribution in [3.63, 3.8) is 0 Å². The summed E-state index contributed by atoms with van der Waals surface area (Å²) in [5.41, 5.74) is 2.67. The summed E-state index contributed by atoms with van der Waals surface area (Å²) < 4.78 is 0. The molecule has 2 aromatic carbocycles. The highest BCUT2D eigenvalue weighted by atomic mass is 16.3. The first-order chi connectivity index (χ1) is 9.72. The summed E-state index contributed by atoms with van der Waals surface area (Å²) in [7, 11) is 0. The second kappa shape index (κ2) is 6.38. The smallest absolute Gasteiger partial charge is 0.0992 e. The van der Waals surface area contributed by atoms with Crippen molar-refractivity contribution in [3.8, 4) is 12.1 Å². The lowest BCUT2D eigenvalue weighted by molar-refractivity contribution is 0.191. The van der Waals surface area contributed by atoms with Crippen molar-refractivity contribution >= 4 is 5.69 Å². The Balaban J connectivity index is 1.99. The molecule has 2 aromatic rings. The van der Waals surface area contributed by atoms with Gasteiger partial charge in [-0.1, -0.05) is 18.2 Å². The Bertz CT molecular complexity index is 665. The van der Waals surface area contributed by atoms with Crippen LogP contribution >= 0.6 is 0 Å². The lowest BCUT2D eigenvalue weighted by Gasteiger charge is -2.13. The number of hydrogen-bond acceptors (Lipinski definition) is 4. The molecule has 0 saturated heterocycles. The Morgan fingerprint density at radius 1 is 1.00 bits per heavy atom. The van der Waals surface area contributed by atoms with E-state index in [9.17, 15) is 5.11 Å². The molecule has 0 spiro atoms. The second-order valence-electron chi connectivity index (χ2n) is 4.32. The van der Waals surface area contributed by atoms with Gasteiger partial charge in [0.15, 0.2) is 0 Å². The van der Waals surface area contributed by atoms with Crippen molar-refractivity contribution in [2.24, 2.45) is 0 Å². The highest BCUT2D eigenvalue weighted by Crippen LogP contribution is 2.16. The van der Waals surface area contributed by atoms with E-state index in [1.807, 2.05) is 12.1 Å². The average Bonchev–Trinajstić information content (AvgIpc) is 2.53. The minimum atomic E-state index is -0.673. The van der Waals surface area contributed by atoms with Gasteiger partial charge in [0.05, 0.1) is 29.4 Å². The minimum absolute atomic E-state index is 0.334. The number of nitrogens with one attached hydrogen (secondary N) is 1. The van der Waals surface area contributed by atoms with Crippen LogP contribution in [0.4, 0.5) is 5.69 Å². The van der Waals surface area contributed by atoms with Crippen LogP contribution in [0.5, 0.6) is 0 Å². The molecule has 4 nitrogen and oxygen atoms in total. The molecule has 0 amide bonds. The summed E-state index contributed by atoms with van der Waals surface area (Å²) in [4.78, 5) is 0. The lowest BCUT2D eigenvalue weighted by atomic mass is 10.1. The highest BCUT2D eigenvalue weighted by molar-refractivity contribution is 5.49. The van der Waals surface area contributed by atoms with E-state index < -0.39 is 6.10 Å². The Hall–Kier alpha value is -2.82. The van der Waals surface area contributed by atoms with Crippen LogP contribution in [0.1, 0.15) is 22.8 Å². The number of nitriles is 2. The third kappa shape index (κ3) is 3.35. The van der Waals surface area contributed by atoms with Crippen LogP contribution in [-0.4, -0.2) is 11.7 Å². The van der Waals surface area contributed by atoms with Gasteiger partial charge in [-0.05, 0) is 35.9 Å². The summed E-state index contributed by atoms with van der Waals surface area (Å²) >= 11 is 0. The maximum Gasteiger partial charge on any atom is 0.0992 e. The second-order valence-corrected chi connectivity index (χ2v) is 4.32. The standard InChI is InChI=1S/C16H13N3O/c17-9-12-4-6-14(7-5-12)16(20)11-19-15-3-1-2-13(8-15)10-18/h1-8,16,19-20H,11H2. The van der Waals surface area contributed by atoms with Crippen molar-refractivity contribution < 1.29 is 5.11 Å². The molecule has 0 radical (unpaired) electrons. The van der Waals surface area contributed by atoms with Gasteiger partial charge in [0, 0.05) is 12.2 Å². The monoisotopic (exact) mass is 263 g/mol. The van der Waals surface area contributed by atoms with E-state index >= 15 is 0 Å². The SMILES string of the molecule is N#Cc1ccc(C(O)CNc2cccc(C#N)c2)cc1. The van der Waals surface area contributed by atoms with Gasteiger partial charge in [-0.3, -0.25) is 0 Å². The average molecular weight is 263 g/mol. The van der Waals surface area contributed by atoms with Crippen LogP contribution in [0, 0.1) is 22.7 Å². The number of rotatable bonds is 4. The largest absolute Gasteiger partial charge is 0.387 e. The molecule has 0 aliphatic rings. The fourth-order valence-corrected chi connectivity index (χ4v) is 1.81. The maximum absolute atomic E-state index is 10.1. The molecule has 1 unspecified atom stereocenters. The van der Waals surface area contributed by atoms with Gasteiger partial charge in [0.2, 0.25) is 0 Å². The molecule has 0 fully saturated rings. The summed E-state index contributed by atoms with van der Waals surface area (Å²) in [6.07, 6.45) is -0.673. The molecular formula is C16H13N3O. The molecule has 1 atom stereocenters. The molecule has 0 saturated carbocycles. The molecule has 0 aromatic heterocycles. The van der Waals surface area contributed by atoms with Gasteiger partial charge in [0.25, 0.3) is 0 Å². The summed E-state index contributed by atoms with van der Waals surface area (Å²) in [6.45, 7) is 0.334. The van der Waals surface area contributed by atoms with E-state index in [4.69, 9.17) is 10.5 Å². The number of aliphatic hydroxyl groups excluding tert-OH is 1. The molecule has 20 heavy (non-hydrogen) atoms. The predicted molar refractivity (Wildman–Crippen MR) is 75.8 cm³/mol. The van der Waals surface area contributed by atoms with Crippen molar-refractivity contribution in [3.05, 3.63) is 65.2 Å². The zero-order chi connectivity index (χ0) is 14.4. The van der Waals surface area contributed by atoms with E-state index in [1.54, 1.807) is 42.5 Å². The minimum Gasteiger partial charge on any atom is -0.387 e. The molecule has 4 heteroatoms. The van der Waals surface area contributed by atoms with Gasteiger partial charge < -0.3 is 10.4 Å². The van der Waals surface area contributed by atoms with E-state index in [1.165, 1.54) is 0 Å². The lowest BCUT2D eigenvalue weighted by Crippen LogP contribution is -2.12. The van der Waals surface area contributed by atoms with Crippen molar-refractivity contribution in [2.75, 3.05) is 11.9 Å². The van der Waals surface area contributed by atoms with Crippen LogP contribution in [0.25, 0.3) is 0 Å². The van der Waals surface area contributed by atoms with Crippen LogP contribution in [0.3, 0.4) is 0 Å². The molecule has 0 aliphatic carbocycles. The van der Waals surface area contributed by atoms with E-state index in [0.717, 1.165) is 11.3 Å². The highest BCUT2D eigenvalue weighted by Gasteiger charge is 2.07. The van der Waals surface area contributed by atoms with Gasteiger partial charge in [-0.2, -0.15) is 10.5 Å². The van der Waals surface area contributed by atoms with E-state index in [-0.39, 0.29) is 0 Å². The van der Waals surface area contributed by atoms with Crippen molar-refractivity contribution in [2.45, 2.75) is 6.10 Å². The van der Waals surface area contributed by atoms with Crippen molar-refractivity contribution in [1.82, 2.24) is 0 Å². The normalized spacial score (nSPS) is 11.2. The zero-order valence-electron chi connectivity index (χ0n) is 10.7. The summed E-state index contributed by atoms with van der Waals surface area (Å²) in [5.74, 6) is 0. The Morgan fingerprint density at radius 3 is 2.35 bits per heavy atom. The van der Waals surface area contributed by atoms with Crippen LogP contribution in [0.15, 0.2) is 48.5 Å². The first-order valence-corrected chi connectivity index (χ1v) is 6.15. The third-order valence-electron chi connectivity index (χ3n) is 2.92. The van der Waals surface area contributed by atoms with Crippen LogP contribution < -0.4 is 5.32 Å². The number of anilines is 1. The molecule has 98 valence electrons. The summed E-state index contributed by atoms with van der Waals surface area (Å²) in [5, 5.41) is 30.7. The molecule has 2 N–H and O–H groups in total. The molecule has 0 aliphatic heterocycles. The molecule has 0 heterocycles. The van der Waals surface area contributed by atoms with Crippen molar-refractivity contribution in [1.29, 1.82) is 10.5 Å². The Morgan fingerprint density at radius 2 is 1.70 bits per heavy atom. The fourth-order valence-electron chi connectivity index (χ4n) is 1.81. The molecular weight excluding hydrogens is 250 g/mol. The van der Waals surface area contributed by atoms with E-state index in [2.05, 4.69) is 11.4 Å². The third-order valence-corrected chi connectivity index (χ3v) is 2.92. The fraction of sp³-hybridized carbons (Fsp3) is 0.125. The Kier molecular flexibility index (Phi) is 4.34. The quantitative estimate of drug-likeness (QED) is 0.888. The molecule has 0 bridgehead atoms. The van der Waals surface area contributed by atoms with Crippen LogP contribution in [-0.2, 0) is 0 Å². The number of benzene rings is 2. The summed E-state index contributed by atoms with van der Waals surface area (Å²) in [6, 6.07) is 18.0. The zero-order valence-corrected chi connectivity index (χ0v) is 10.7. The van der Waals surface area contributed by atoms with Gasteiger partial charge >= 0.3 is 0 Å². The number of hydrogen-bond donors (Lipinski definition) is 2. The number of nitrogens with zero attached hydrogens (tertiary/aromatic N) is 2. The first-order valence-electron chi connectivity index (χ1n) is 6.15. The van der Waals surface area contributed by atoms with Gasteiger partial charge in [-0.15, -0.1) is 0 Å². The topological polar surface area (TPSA) is 79.8 Å². The number of aliphatic hydroxyl groups is 1. The van der Waals surface area contributed by atoms with Crippen LogP contribution in [0.2, 0.25) is 0 Å². The van der Waals surface area contributed by atoms with Gasteiger partial charge in [0.1, 0.15) is 0 Å². The maximum atomic E-state index is 10.1. The molecule has 2 rings (SSSR count). The van der Waals surface area contributed by atoms with E-state index in [0.29, 0.717) is 17.7 Å². The predicted octanol–water partition coefficient (Wildman–Crippen LogP) is 2.58. The van der Waals surface area contributed by atoms with Gasteiger partial charge in [-0.25, -0.2) is 0 Å².